The smallest absolute Gasteiger partial charge is 0.254 e. The van der Waals surface area contributed by atoms with Crippen LogP contribution in [0.15, 0.2) is 71.7 Å². The Morgan fingerprint density at radius 1 is 1.00 bits per heavy atom. The molecule has 0 saturated carbocycles. The van der Waals surface area contributed by atoms with Gasteiger partial charge in [0.15, 0.2) is 5.75 Å². The highest BCUT2D eigenvalue weighted by Gasteiger charge is 2.32. The summed E-state index contributed by atoms with van der Waals surface area (Å²) in [6.45, 7) is 10.6. The van der Waals surface area contributed by atoms with Crippen LogP contribution in [0.5, 0.6) is 17.2 Å². The zero-order valence-corrected chi connectivity index (χ0v) is 21.6. The minimum atomic E-state index is 0.0183. The van der Waals surface area contributed by atoms with Gasteiger partial charge in [-0.25, -0.2) is 4.99 Å². The second-order valence-electron chi connectivity index (χ2n) is 10.5. The monoisotopic (exact) mass is 483 g/mol. The van der Waals surface area contributed by atoms with Crippen LogP contribution in [-0.2, 0) is 5.41 Å². The maximum atomic E-state index is 13.4. The normalized spacial score (nSPS) is 17.4. The average Bonchev–Trinajstić information content (AvgIpc) is 3.04. The minimum absolute atomic E-state index is 0.0183. The number of benzene rings is 3. The largest absolute Gasteiger partial charge is 0.497 e. The molecule has 6 heteroatoms. The number of hydrogen-bond acceptors (Lipinski definition) is 5. The van der Waals surface area contributed by atoms with Crippen molar-refractivity contribution in [1.82, 2.24) is 9.80 Å². The Morgan fingerprint density at radius 2 is 1.75 bits per heavy atom. The summed E-state index contributed by atoms with van der Waals surface area (Å²) in [6, 6.07) is 21.7. The molecule has 6 nitrogen and oxygen atoms in total. The van der Waals surface area contributed by atoms with Crippen molar-refractivity contribution in [1.29, 1.82) is 0 Å². The van der Waals surface area contributed by atoms with Crippen molar-refractivity contribution in [2.24, 2.45) is 4.99 Å². The van der Waals surface area contributed by atoms with Gasteiger partial charge < -0.3 is 19.3 Å². The van der Waals surface area contributed by atoms with Gasteiger partial charge in [-0.2, -0.15) is 0 Å². The molecule has 1 amide bonds. The number of hydrogen-bond donors (Lipinski definition) is 0. The van der Waals surface area contributed by atoms with Gasteiger partial charge in [-0.05, 0) is 60.4 Å². The lowest BCUT2D eigenvalue weighted by atomic mass is 9.86. The fourth-order valence-corrected chi connectivity index (χ4v) is 4.80. The van der Waals surface area contributed by atoms with Crippen LogP contribution in [0.2, 0.25) is 0 Å². The molecule has 0 aromatic heterocycles. The van der Waals surface area contributed by atoms with E-state index >= 15 is 0 Å². The summed E-state index contributed by atoms with van der Waals surface area (Å²) in [5, 5.41) is 0. The number of rotatable bonds is 2. The molecule has 36 heavy (non-hydrogen) atoms. The average molecular weight is 484 g/mol. The van der Waals surface area contributed by atoms with Gasteiger partial charge in [0.05, 0.1) is 12.7 Å². The first-order valence-corrected chi connectivity index (χ1v) is 12.4. The molecule has 0 unspecified atom stereocenters. The second-order valence-corrected chi connectivity index (χ2v) is 10.5. The fraction of sp³-hybridized carbons (Fsp3) is 0.333. The number of methoxy groups -OCH3 is 1. The number of amides is 1. The Morgan fingerprint density at radius 3 is 2.44 bits per heavy atom. The molecule has 0 N–H and O–H groups in total. The lowest BCUT2D eigenvalue weighted by Crippen LogP contribution is -2.55. The predicted octanol–water partition coefficient (Wildman–Crippen LogP) is 6.02. The summed E-state index contributed by atoms with van der Waals surface area (Å²) in [6.07, 6.45) is 0. The Hall–Kier alpha value is -3.80. The summed E-state index contributed by atoms with van der Waals surface area (Å²) in [5.74, 6) is 3.11. The van der Waals surface area contributed by atoms with Gasteiger partial charge in [-0.15, -0.1) is 0 Å². The van der Waals surface area contributed by atoms with Crippen molar-refractivity contribution in [2.75, 3.05) is 26.7 Å². The van der Waals surface area contributed by atoms with Crippen LogP contribution >= 0.6 is 0 Å². The van der Waals surface area contributed by atoms with Crippen molar-refractivity contribution in [3.05, 3.63) is 83.4 Å². The van der Waals surface area contributed by atoms with E-state index < -0.39 is 0 Å². The molecule has 1 atom stereocenters. The third kappa shape index (κ3) is 4.55. The number of amidine groups is 1. The zero-order valence-electron chi connectivity index (χ0n) is 21.6. The van der Waals surface area contributed by atoms with Crippen molar-refractivity contribution in [3.8, 4) is 17.2 Å². The van der Waals surface area contributed by atoms with Crippen LogP contribution in [0.1, 0.15) is 49.2 Å². The minimum Gasteiger partial charge on any atom is -0.497 e. The lowest BCUT2D eigenvalue weighted by Gasteiger charge is -2.41. The first-order chi connectivity index (χ1) is 17.2. The van der Waals surface area contributed by atoms with Gasteiger partial charge in [0.25, 0.3) is 5.91 Å². The molecular formula is C30H33N3O3. The summed E-state index contributed by atoms with van der Waals surface area (Å²) in [5.41, 5.74) is 3.68. The molecule has 1 fully saturated rings. The number of para-hydroxylation sites is 2. The molecule has 2 aliphatic rings. The molecule has 3 aromatic rings. The molecule has 5 rings (SSSR count). The van der Waals surface area contributed by atoms with Crippen molar-refractivity contribution in [3.63, 3.8) is 0 Å². The number of carbonyl (C=O) groups is 1. The van der Waals surface area contributed by atoms with Crippen molar-refractivity contribution < 1.29 is 14.3 Å². The first kappa shape index (κ1) is 23.9. The third-order valence-electron chi connectivity index (χ3n) is 6.92. The van der Waals surface area contributed by atoms with Gasteiger partial charge >= 0.3 is 0 Å². The quantitative estimate of drug-likeness (QED) is 0.447. The van der Waals surface area contributed by atoms with E-state index in [9.17, 15) is 4.79 Å². The standard InChI is InChI=1S/C30H33N3O3/c1-20-19-32(16-17-33(20)29(34)21-10-12-22(13-11-21)30(2,3)4)28-24-18-23(35-5)14-15-26(24)36-27-9-7-6-8-25(27)31-28/h6-15,18,20H,16-17,19H2,1-5H3/t20-/m0/s1. The van der Waals surface area contributed by atoms with E-state index in [-0.39, 0.29) is 17.4 Å². The number of piperazine rings is 1. The lowest BCUT2D eigenvalue weighted by molar-refractivity contribution is 0.0581. The molecule has 0 radical (unpaired) electrons. The predicted molar refractivity (Wildman–Crippen MR) is 143 cm³/mol. The van der Waals surface area contributed by atoms with Crippen molar-refractivity contribution >= 4 is 17.4 Å². The van der Waals surface area contributed by atoms with Crippen LogP contribution in [0.4, 0.5) is 5.69 Å². The Balaban J connectivity index is 1.41. The molecular weight excluding hydrogens is 450 g/mol. The molecule has 2 heterocycles. The molecule has 2 aliphatic heterocycles. The van der Waals surface area contributed by atoms with Crippen LogP contribution in [0, 0.1) is 0 Å². The van der Waals surface area contributed by atoms with Gasteiger partial charge in [-0.3, -0.25) is 4.79 Å². The van der Waals surface area contributed by atoms with E-state index in [0.717, 1.165) is 39.9 Å². The van der Waals surface area contributed by atoms with Crippen molar-refractivity contribution in [2.45, 2.75) is 39.2 Å². The van der Waals surface area contributed by atoms with E-state index in [1.807, 2.05) is 59.5 Å². The van der Waals surface area contributed by atoms with Gasteiger partial charge in [-0.1, -0.05) is 45.0 Å². The second kappa shape index (κ2) is 9.34. The number of nitrogens with zero attached hydrogens (tertiary/aromatic N) is 3. The Kier molecular flexibility index (Phi) is 6.20. The molecule has 186 valence electrons. The highest BCUT2D eigenvalue weighted by Crippen LogP contribution is 2.39. The summed E-state index contributed by atoms with van der Waals surface area (Å²) in [4.78, 5) is 22.6. The number of ether oxygens (including phenoxy) is 2. The summed E-state index contributed by atoms with van der Waals surface area (Å²) in [7, 11) is 1.66. The van der Waals surface area contributed by atoms with Crippen LogP contribution in [-0.4, -0.2) is 54.3 Å². The summed E-state index contributed by atoms with van der Waals surface area (Å²) >= 11 is 0. The Bertz CT molecular complexity index is 1310. The summed E-state index contributed by atoms with van der Waals surface area (Å²) < 4.78 is 11.7. The van der Waals surface area contributed by atoms with Gasteiger partial charge in [0, 0.05) is 31.2 Å². The zero-order chi connectivity index (χ0) is 25.4. The topological polar surface area (TPSA) is 54.4 Å². The van der Waals surface area contributed by atoms with Crippen LogP contribution < -0.4 is 9.47 Å². The molecule has 1 saturated heterocycles. The first-order valence-electron chi connectivity index (χ1n) is 12.4. The molecule has 0 spiro atoms. The number of fused-ring (bicyclic) bond motifs is 2. The SMILES string of the molecule is COc1ccc2c(c1)C(N1CCN(C(=O)c3ccc(C(C)(C)C)cc3)[C@@H](C)C1)=Nc1ccccc1O2. The molecule has 0 aliphatic carbocycles. The third-order valence-corrected chi connectivity index (χ3v) is 6.92. The van der Waals surface area contributed by atoms with E-state index in [2.05, 4.69) is 44.7 Å². The maximum absolute atomic E-state index is 13.4. The van der Waals surface area contributed by atoms with E-state index in [1.54, 1.807) is 7.11 Å². The maximum Gasteiger partial charge on any atom is 0.254 e. The van der Waals surface area contributed by atoms with E-state index in [0.29, 0.717) is 19.6 Å². The van der Waals surface area contributed by atoms with Gasteiger partial charge in [0.2, 0.25) is 0 Å². The highest BCUT2D eigenvalue weighted by molar-refractivity contribution is 6.04. The van der Waals surface area contributed by atoms with Crippen LogP contribution in [0.25, 0.3) is 0 Å². The van der Waals surface area contributed by atoms with Crippen LogP contribution in [0.3, 0.4) is 0 Å². The van der Waals surface area contributed by atoms with E-state index in [4.69, 9.17) is 14.5 Å². The number of carbonyl (C=O) groups excluding carboxylic acids is 1. The number of aliphatic imine (C=N–C) groups is 1. The Labute approximate surface area is 213 Å². The van der Waals surface area contributed by atoms with Gasteiger partial charge in [0.1, 0.15) is 23.0 Å². The molecule has 0 bridgehead atoms. The fourth-order valence-electron chi connectivity index (χ4n) is 4.80. The molecule has 3 aromatic carbocycles. The van der Waals surface area contributed by atoms with E-state index in [1.165, 1.54) is 5.56 Å². The highest BCUT2D eigenvalue weighted by atomic mass is 16.5.